The van der Waals surface area contributed by atoms with E-state index in [4.69, 9.17) is 10.5 Å². The summed E-state index contributed by atoms with van der Waals surface area (Å²) in [4.78, 5) is 11.3. The fourth-order valence-electron chi connectivity index (χ4n) is 1.34. The van der Waals surface area contributed by atoms with E-state index in [1.54, 1.807) is 6.92 Å². The first-order chi connectivity index (χ1) is 8.74. The smallest absolute Gasteiger partial charge is 0.466 e. The zero-order valence-corrected chi connectivity index (χ0v) is 11.5. The van der Waals surface area contributed by atoms with Gasteiger partial charge >= 0.3 is 12.3 Å². The molecule has 1 aromatic carbocycles. The van der Waals surface area contributed by atoms with Crippen molar-refractivity contribution >= 4 is 27.6 Å². The van der Waals surface area contributed by atoms with Crippen LogP contribution in [0.4, 0.5) is 18.9 Å². The van der Waals surface area contributed by atoms with Crippen LogP contribution in [0.1, 0.15) is 12.5 Å². The van der Waals surface area contributed by atoms with E-state index in [1.807, 2.05) is 0 Å². The molecule has 0 spiro atoms. The number of carbonyl (C=O) groups excluding carboxylic acids is 1. The van der Waals surface area contributed by atoms with E-state index in [-0.39, 0.29) is 23.2 Å². The molecule has 0 heterocycles. The Balaban J connectivity index is 2.94. The fraction of sp³-hybridized carbons (Fsp3) is 0.364. The van der Waals surface area contributed by atoms with Crippen molar-refractivity contribution in [3.05, 3.63) is 22.2 Å². The zero-order valence-electron chi connectivity index (χ0n) is 9.88. The highest BCUT2D eigenvalue weighted by molar-refractivity contribution is 9.10. The number of anilines is 1. The van der Waals surface area contributed by atoms with Crippen molar-refractivity contribution in [2.45, 2.75) is 19.7 Å². The predicted octanol–water partition coefficient (Wildman–Crippen LogP) is 3.04. The second-order valence-electron chi connectivity index (χ2n) is 3.48. The lowest BCUT2D eigenvalue weighted by molar-refractivity contribution is -0.274. The average molecular weight is 342 g/mol. The van der Waals surface area contributed by atoms with Crippen molar-refractivity contribution in [2.75, 3.05) is 12.3 Å². The molecule has 0 unspecified atom stereocenters. The van der Waals surface area contributed by atoms with Crippen LogP contribution in [0.2, 0.25) is 0 Å². The lowest BCUT2D eigenvalue weighted by Crippen LogP contribution is -2.18. The van der Waals surface area contributed by atoms with E-state index in [9.17, 15) is 18.0 Å². The van der Waals surface area contributed by atoms with Crippen LogP contribution in [0, 0.1) is 0 Å². The van der Waals surface area contributed by atoms with Crippen LogP contribution in [0.25, 0.3) is 0 Å². The Bertz CT molecular complexity index is 477. The summed E-state index contributed by atoms with van der Waals surface area (Å²) < 4.78 is 44.8. The number of rotatable bonds is 4. The molecule has 8 heteroatoms. The molecule has 0 aliphatic rings. The summed E-state index contributed by atoms with van der Waals surface area (Å²) >= 11 is 2.91. The van der Waals surface area contributed by atoms with Crippen LogP contribution in [0.15, 0.2) is 16.6 Å². The molecule has 106 valence electrons. The van der Waals surface area contributed by atoms with E-state index in [0.717, 1.165) is 6.07 Å². The lowest BCUT2D eigenvalue weighted by atomic mass is 10.1. The zero-order chi connectivity index (χ0) is 14.6. The molecule has 0 atom stereocenters. The van der Waals surface area contributed by atoms with E-state index >= 15 is 0 Å². The van der Waals surface area contributed by atoms with E-state index in [2.05, 4.69) is 20.7 Å². The number of carbonyl (C=O) groups is 1. The fourth-order valence-corrected chi connectivity index (χ4v) is 1.81. The first-order valence-electron chi connectivity index (χ1n) is 5.22. The summed E-state index contributed by atoms with van der Waals surface area (Å²) in [5.74, 6) is -0.969. The molecule has 4 nitrogen and oxygen atoms in total. The second kappa shape index (κ2) is 6.14. The normalized spacial score (nSPS) is 11.2. The minimum absolute atomic E-state index is 0.00908. The molecule has 0 aliphatic carbocycles. The third kappa shape index (κ3) is 4.62. The summed E-state index contributed by atoms with van der Waals surface area (Å²) in [5.41, 5.74) is 6.01. The first-order valence-corrected chi connectivity index (χ1v) is 6.02. The number of ether oxygens (including phenoxy) is 2. The van der Waals surface area contributed by atoms with Crippen LogP contribution in [-0.4, -0.2) is 18.9 Å². The van der Waals surface area contributed by atoms with Crippen molar-refractivity contribution in [2.24, 2.45) is 0 Å². The van der Waals surface area contributed by atoms with Gasteiger partial charge < -0.3 is 15.2 Å². The molecular weight excluding hydrogens is 331 g/mol. The number of alkyl halides is 3. The van der Waals surface area contributed by atoms with Crippen molar-refractivity contribution in [1.82, 2.24) is 0 Å². The third-order valence-electron chi connectivity index (χ3n) is 2.10. The van der Waals surface area contributed by atoms with E-state index in [1.165, 1.54) is 6.07 Å². The van der Waals surface area contributed by atoms with Crippen LogP contribution in [0.5, 0.6) is 5.75 Å². The number of halogens is 4. The largest absolute Gasteiger partial charge is 0.573 e. The van der Waals surface area contributed by atoms with Crippen molar-refractivity contribution in [1.29, 1.82) is 0 Å². The van der Waals surface area contributed by atoms with Gasteiger partial charge in [0.15, 0.2) is 0 Å². The molecule has 0 saturated carbocycles. The monoisotopic (exact) mass is 341 g/mol. The molecular formula is C11H11BrF3NO3. The summed E-state index contributed by atoms with van der Waals surface area (Å²) in [5, 5.41) is 0. The van der Waals surface area contributed by atoms with Crippen LogP contribution in [-0.2, 0) is 16.0 Å². The quantitative estimate of drug-likeness (QED) is 0.675. The highest BCUT2D eigenvalue weighted by atomic mass is 79.9. The van der Waals surface area contributed by atoms with Gasteiger partial charge in [-0.1, -0.05) is 6.07 Å². The maximum atomic E-state index is 12.1. The SMILES string of the molecule is CCOC(=O)Cc1ccc(OC(F)(F)F)c(Br)c1N. The van der Waals surface area contributed by atoms with Gasteiger partial charge in [0.25, 0.3) is 0 Å². The van der Waals surface area contributed by atoms with Gasteiger partial charge in [0.1, 0.15) is 5.75 Å². The Morgan fingerprint density at radius 2 is 2.05 bits per heavy atom. The summed E-state index contributed by atoms with van der Waals surface area (Å²) in [6.45, 7) is 1.87. The van der Waals surface area contributed by atoms with Crippen molar-refractivity contribution in [3.8, 4) is 5.75 Å². The Morgan fingerprint density at radius 3 is 2.58 bits per heavy atom. The Labute approximate surface area is 115 Å². The standard InChI is InChI=1S/C11H11BrF3NO3/c1-2-18-8(17)5-6-3-4-7(9(12)10(6)16)19-11(13,14)15/h3-4H,2,5,16H2,1H3. The molecule has 0 aromatic heterocycles. The molecule has 0 fully saturated rings. The molecule has 0 aliphatic heterocycles. The van der Waals surface area contributed by atoms with Gasteiger partial charge in [-0.3, -0.25) is 4.79 Å². The molecule has 1 rings (SSSR count). The van der Waals surface area contributed by atoms with E-state index < -0.39 is 18.1 Å². The van der Waals surface area contributed by atoms with Gasteiger partial charge in [-0.25, -0.2) is 0 Å². The molecule has 0 bridgehead atoms. The summed E-state index contributed by atoms with van der Waals surface area (Å²) in [6.07, 6.45) is -4.93. The molecule has 0 saturated heterocycles. The highest BCUT2D eigenvalue weighted by Gasteiger charge is 2.32. The van der Waals surface area contributed by atoms with Gasteiger partial charge in [0.2, 0.25) is 0 Å². The number of hydrogen-bond donors (Lipinski definition) is 1. The Morgan fingerprint density at radius 1 is 1.42 bits per heavy atom. The number of benzene rings is 1. The van der Waals surface area contributed by atoms with Gasteiger partial charge in [-0.2, -0.15) is 0 Å². The Kier molecular flexibility index (Phi) is 5.04. The molecule has 19 heavy (non-hydrogen) atoms. The maximum Gasteiger partial charge on any atom is 0.573 e. The van der Waals surface area contributed by atoms with Crippen LogP contribution in [0.3, 0.4) is 0 Å². The molecule has 2 N–H and O–H groups in total. The average Bonchev–Trinajstić information content (AvgIpc) is 2.28. The van der Waals surface area contributed by atoms with Gasteiger partial charge in [0.05, 0.1) is 23.2 Å². The number of nitrogen functional groups attached to an aromatic ring is 1. The number of esters is 1. The predicted molar refractivity (Wildman–Crippen MR) is 65.6 cm³/mol. The molecule has 0 amide bonds. The number of hydrogen-bond acceptors (Lipinski definition) is 4. The first kappa shape index (κ1) is 15.6. The Hall–Kier alpha value is -1.44. The molecule has 1 aromatic rings. The van der Waals surface area contributed by atoms with Crippen LogP contribution < -0.4 is 10.5 Å². The summed E-state index contributed by atoms with van der Waals surface area (Å²) in [6, 6.07) is 2.38. The summed E-state index contributed by atoms with van der Waals surface area (Å²) in [7, 11) is 0. The third-order valence-corrected chi connectivity index (χ3v) is 2.92. The lowest BCUT2D eigenvalue weighted by Gasteiger charge is -2.14. The second-order valence-corrected chi connectivity index (χ2v) is 4.27. The van der Waals surface area contributed by atoms with Crippen LogP contribution >= 0.6 is 15.9 Å². The van der Waals surface area contributed by atoms with Gasteiger partial charge in [0, 0.05) is 0 Å². The van der Waals surface area contributed by atoms with Gasteiger partial charge in [-0.05, 0) is 34.5 Å². The molecule has 0 radical (unpaired) electrons. The van der Waals surface area contributed by atoms with Gasteiger partial charge in [-0.15, -0.1) is 13.2 Å². The van der Waals surface area contributed by atoms with Crippen molar-refractivity contribution in [3.63, 3.8) is 0 Å². The minimum Gasteiger partial charge on any atom is -0.466 e. The number of nitrogens with two attached hydrogens (primary N) is 1. The van der Waals surface area contributed by atoms with E-state index in [0.29, 0.717) is 5.56 Å². The maximum absolute atomic E-state index is 12.1. The topological polar surface area (TPSA) is 61.5 Å². The highest BCUT2D eigenvalue weighted by Crippen LogP contribution is 2.36. The van der Waals surface area contributed by atoms with Crippen molar-refractivity contribution < 1.29 is 27.4 Å². The minimum atomic E-state index is -4.81.